The summed E-state index contributed by atoms with van der Waals surface area (Å²) in [6.45, 7) is 6.14. The third-order valence-corrected chi connectivity index (χ3v) is 5.19. The van der Waals surface area contributed by atoms with Crippen molar-refractivity contribution in [2.24, 2.45) is 0 Å². The Hall–Kier alpha value is -1.11. The number of aliphatic hydroxyl groups excluding tert-OH is 1. The van der Waals surface area contributed by atoms with Crippen molar-refractivity contribution in [3.8, 4) is 0 Å². The molecule has 0 unspecified atom stereocenters. The summed E-state index contributed by atoms with van der Waals surface area (Å²) >= 11 is 0. The highest BCUT2D eigenvalue weighted by molar-refractivity contribution is 7.89. The van der Waals surface area contributed by atoms with E-state index in [9.17, 15) is 8.42 Å². The average molecular weight is 286 g/mol. The van der Waals surface area contributed by atoms with Crippen LogP contribution in [0.4, 0.5) is 5.69 Å². The summed E-state index contributed by atoms with van der Waals surface area (Å²) < 4.78 is 26.4. The second-order valence-corrected chi connectivity index (χ2v) is 6.45. The molecule has 19 heavy (non-hydrogen) atoms. The number of rotatable bonds is 6. The predicted molar refractivity (Wildman–Crippen MR) is 76.5 cm³/mol. The van der Waals surface area contributed by atoms with Gasteiger partial charge in [-0.15, -0.1) is 0 Å². The lowest BCUT2D eigenvalue weighted by Gasteiger charge is -2.21. The lowest BCUT2D eigenvalue weighted by Crippen LogP contribution is -2.32. The number of nitrogens with two attached hydrogens (primary N) is 1. The summed E-state index contributed by atoms with van der Waals surface area (Å²) in [5, 5.41) is 8.84. The maximum Gasteiger partial charge on any atom is 0.245 e. The van der Waals surface area contributed by atoms with E-state index < -0.39 is 10.0 Å². The largest absolute Gasteiger partial charge is 0.398 e. The maximum atomic E-state index is 12.5. The van der Waals surface area contributed by atoms with Crippen LogP contribution in [0.15, 0.2) is 17.0 Å². The minimum absolute atomic E-state index is 0.0333. The lowest BCUT2D eigenvalue weighted by atomic mass is 10.1. The number of sulfonamides is 1. The van der Waals surface area contributed by atoms with Crippen LogP contribution in [0, 0.1) is 13.8 Å². The van der Waals surface area contributed by atoms with Crippen LogP contribution < -0.4 is 5.73 Å². The molecule has 0 aliphatic carbocycles. The fourth-order valence-electron chi connectivity index (χ4n) is 1.87. The Bertz CT molecular complexity index is 541. The molecule has 3 N–H and O–H groups in total. The topological polar surface area (TPSA) is 83.6 Å². The number of benzene rings is 1. The maximum absolute atomic E-state index is 12.5. The molecule has 5 nitrogen and oxygen atoms in total. The molecule has 1 aromatic rings. The zero-order valence-corrected chi connectivity index (χ0v) is 12.5. The molecule has 0 bridgehead atoms. The van der Waals surface area contributed by atoms with Crippen LogP contribution >= 0.6 is 0 Å². The van der Waals surface area contributed by atoms with Crippen LogP contribution in [0.2, 0.25) is 0 Å². The molecule has 0 atom stereocenters. The molecule has 0 fully saturated rings. The highest BCUT2D eigenvalue weighted by Gasteiger charge is 2.25. The van der Waals surface area contributed by atoms with Crippen molar-refractivity contribution in [3.63, 3.8) is 0 Å². The zero-order chi connectivity index (χ0) is 14.6. The van der Waals surface area contributed by atoms with E-state index in [-0.39, 0.29) is 17.2 Å². The van der Waals surface area contributed by atoms with Gasteiger partial charge in [0.1, 0.15) is 4.90 Å². The van der Waals surface area contributed by atoms with Crippen LogP contribution in [0.3, 0.4) is 0 Å². The predicted octanol–water partition coefficient (Wildman–Crippen LogP) is 1.28. The van der Waals surface area contributed by atoms with E-state index in [4.69, 9.17) is 10.8 Å². The Morgan fingerprint density at radius 1 is 1.26 bits per heavy atom. The summed E-state index contributed by atoms with van der Waals surface area (Å²) in [4.78, 5) is 0.149. The first kappa shape index (κ1) is 15.9. The molecular formula is C13H22N2O3S. The van der Waals surface area contributed by atoms with E-state index in [0.717, 1.165) is 11.1 Å². The van der Waals surface area contributed by atoms with Gasteiger partial charge in [0.15, 0.2) is 0 Å². The summed E-state index contributed by atoms with van der Waals surface area (Å²) in [6, 6.07) is 3.30. The second kappa shape index (κ2) is 6.36. The van der Waals surface area contributed by atoms with Crippen LogP contribution in [0.1, 0.15) is 24.5 Å². The molecule has 1 aromatic carbocycles. The second-order valence-electron chi connectivity index (χ2n) is 4.55. The number of anilines is 1. The van der Waals surface area contributed by atoms with Crippen molar-refractivity contribution in [1.82, 2.24) is 4.31 Å². The average Bonchev–Trinajstić information content (AvgIpc) is 2.34. The number of aryl methyl sites for hydroxylation is 2. The van der Waals surface area contributed by atoms with Crippen LogP contribution in [0.5, 0.6) is 0 Å². The number of nitrogens with zero attached hydrogens (tertiary/aromatic N) is 1. The van der Waals surface area contributed by atoms with E-state index in [1.54, 1.807) is 19.1 Å². The van der Waals surface area contributed by atoms with Crippen molar-refractivity contribution < 1.29 is 13.5 Å². The van der Waals surface area contributed by atoms with Gasteiger partial charge in [-0.1, -0.05) is 6.92 Å². The van der Waals surface area contributed by atoms with Gasteiger partial charge in [-0.25, -0.2) is 8.42 Å². The molecule has 0 heterocycles. The fraction of sp³-hybridized carbons (Fsp3) is 0.538. The molecular weight excluding hydrogens is 264 g/mol. The standard InChI is InChI=1S/C13H22N2O3S/c1-4-15(6-5-7-16)19(17,18)13-9-11(3)10(2)8-12(13)14/h8-9,16H,4-7,14H2,1-3H3. The molecule has 0 aliphatic rings. The molecule has 108 valence electrons. The molecule has 0 spiro atoms. The van der Waals surface area contributed by atoms with Gasteiger partial charge in [-0.05, 0) is 43.5 Å². The first-order valence-electron chi connectivity index (χ1n) is 6.32. The summed E-state index contributed by atoms with van der Waals surface area (Å²) in [7, 11) is -3.60. The van der Waals surface area contributed by atoms with E-state index in [1.807, 2.05) is 13.8 Å². The Morgan fingerprint density at radius 2 is 1.84 bits per heavy atom. The van der Waals surface area contributed by atoms with Crippen molar-refractivity contribution >= 4 is 15.7 Å². The Balaban J connectivity index is 3.22. The number of hydrogen-bond donors (Lipinski definition) is 2. The molecule has 0 amide bonds. The highest BCUT2D eigenvalue weighted by Crippen LogP contribution is 2.25. The molecule has 1 rings (SSSR count). The minimum Gasteiger partial charge on any atom is -0.398 e. The van der Waals surface area contributed by atoms with Crippen molar-refractivity contribution in [2.45, 2.75) is 32.1 Å². The van der Waals surface area contributed by atoms with E-state index >= 15 is 0 Å². The quantitative estimate of drug-likeness (QED) is 0.772. The summed E-state index contributed by atoms with van der Waals surface area (Å²) in [5.74, 6) is 0. The van der Waals surface area contributed by atoms with Gasteiger partial charge in [-0.3, -0.25) is 0 Å². The molecule has 0 saturated carbocycles. The normalized spacial score (nSPS) is 12.1. The lowest BCUT2D eigenvalue weighted by molar-refractivity contribution is 0.271. The van der Waals surface area contributed by atoms with Crippen LogP contribution in [-0.4, -0.2) is 37.5 Å². The number of aliphatic hydroxyl groups is 1. The van der Waals surface area contributed by atoms with Gasteiger partial charge in [0.25, 0.3) is 0 Å². The van der Waals surface area contributed by atoms with Gasteiger partial charge in [-0.2, -0.15) is 4.31 Å². The van der Waals surface area contributed by atoms with Gasteiger partial charge < -0.3 is 10.8 Å². The van der Waals surface area contributed by atoms with Gasteiger partial charge in [0, 0.05) is 19.7 Å². The van der Waals surface area contributed by atoms with E-state index in [0.29, 0.717) is 19.5 Å². The van der Waals surface area contributed by atoms with E-state index in [2.05, 4.69) is 0 Å². The van der Waals surface area contributed by atoms with Crippen molar-refractivity contribution in [2.75, 3.05) is 25.4 Å². The van der Waals surface area contributed by atoms with Gasteiger partial charge >= 0.3 is 0 Å². The smallest absolute Gasteiger partial charge is 0.245 e. The number of nitrogen functional groups attached to an aromatic ring is 1. The Kier molecular flexibility index (Phi) is 5.34. The molecule has 0 aromatic heterocycles. The van der Waals surface area contributed by atoms with Crippen LogP contribution in [0.25, 0.3) is 0 Å². The molecule has 6 heteroatoms. The highest BCUT2D eigenvalue weighted by atomic mass is 32.2. The Morgan fingerprint density at radius 3 is 2.37 bits per heavy atom. The molecule has 0 aliphatic heterocycles. The monoisotopic (exact) mass is 286 g/mol. The van der Waals surface area contributed by atoms with E-state index in [1.165, 1.54) is 4.31 Å². The number of hydrogen-bond acceptors (Lipinski definition) is 4. The van der Waals surface area contributed by atoms with Crippen LogP contribution in [-0.2, 0) is 10.0 Å². The SMILES string of the molecule is CCN(CCCO)S(=O)(=O)c1cc(C)c(C)cc1N. The van der Waals surface area contributed by atoms with Crippen molar-refractivity contribution in [3.05, 3.63) is 23.3 Å². The van der Waals surface area contributed by atoms with Crippen molar-refractivity contribution in [1.29, 1.82) is 0 Å². The third-order valence-electron chi connectivity index (χ3n) is 3.16. The Labute approximate surface area is 115 Å². The third kappa shape index (κ3) is 3.46. The first-order valence-corrected chi connectivity index (χ1v) is 7.76. The minimum atomic E-state index is -3.60. The molecule has 0 radical (unpaired) electrons. The molecule has 0 saturated heterocycles. The summed E-state index contributed by atoms with van der Waals surface area (Å²) in [6.07, 6.45) is 0.415. The fourth-order valence-corrected chi connectivity index (χ4v) is 3.54. The first-order chi connectivity index (χ1) is 8.84. The van der Waals surface area contributed by atoms with Gasteiger partial charge in [0.2, 0.25) is 10.0 Å². The summed E-state index contributed by atoms with van der Waals surface area (Å²) in [5.41, 5.74) is 7.97. The zero-order valence-electron chi connectivity index (χ0n) is 11.7. The van der Waals surface area contributed by atoms with Gasteiger partial charge in [0.05, 0.1) is 5.69 Å².